The maximum atomic E-state index is 11.2. The number of Topliss-reactive ketones (excluding diaryl/α,β-unsaturated/α-hetero) is 1. The molecule has 0 fully saturated rings. The zero-order valence-electron chi connectivity index (χ0n) is 10.1. The van der Waals surface area contributed by atoms with Crippen LogP contribution in [0.25, 0.3) is 0 Å². The zero-order valence-corrected chi connectivity index (χ0v) is 10.1. The molecular weight excluding hydrogens is 206 g/mol. The predicted octanol–water partition coefficient (Wildman–Crippen LogP) is -0.111. The standard InChI is InChI=1S/C12H17NO3/c1-10(14)11(12(15)16-4)8-6-5-7-9-13(2)3/h5-9H,1-4H3/p+1/b6-5+,9-7+,11-8-. The summed E-state index contributed by atoms with van der Waals surface area (Å²) in [5.74, 6) is -0.918. The van der Waals surface area contributed by atoms with Gasteiger partial charge in [-0.2, -0.15) is 0 Å². The summed E-state index contributed by atoms with van der Waals surface area (Å²) in [6, 6.07) is 0. The first-order chi connectivity index (χ1) is 7.49. The molecule has 0 heterocycles. The fourth-order valence-electron chi connectivity index (χ4n) is 0.903. The number of esters is 1. The van der Waals surface area contributed by atoms with E-state index in [9.17, 15) is 9.59 Å². The first kappa shape index (κ1) is 14.3. The molecule has 0 aliphatic carbocycles. The Morgan fingerprint density at radius 2 is 1.75 bits per heavy atom. The minimum atomic E-state index is -0.612. The van der Waals surface area contributed by atoms with Gasteiger partial charge in [0.05, 0.1) is 27.4 Å². The van der Waals surface area contributed by atoms with Gasteiger partial charge in [-0.3, -0.25) is 4.79 Å². The number of carbonyl (C=O) groups is 2. The number of methoxy groups -OCH3 is 1. The van der Waals surface area contributed by atoms with E-state index in [1.807, 2.05) is 26.4 Å². The maximum absolute atomic E-state index is 11.2. The summed E-state index contributed by atoms with van der Waals surface area (Å²) < 4.78 is 4.48. The van der Waals surface area contributed by atoms with Crippen LogP contribution in [0.3, 0.4) is 0 Å². The number of ketones is 1. The molecule has 0 spiro atoms. The number of hydrogen-bond donors (Lipinski definition) is 1. The first-order valence-electron chi connectivity index (χ1n) is 4.93. The normalized spacial score (nSPS) is 12.7. The third kappa shape index (κ3) is 5.93. The second-order valence-corrected chi connectivity index (χ2v) is 3.45. The summed E-state index contributed by atoms with van der Waals surface area (Å²) in [5.41, 5.74) is 0.0457. The van der Waals surface area contributed by atoms with E-state index in [1.165, 1.54) is 25.0 Å². The van der Waals surface area contributed by atoms with E-state index in [4.69, 9.17) is 0 Å². The van der Waals surface area contributed by atoms with Crippen molar-refractivity contribution in [2.75, 3.05) is 21.2 Å². The number of quaternary nitrogens is 1. The van der Waals surface area contributed by atoms with E-state index < -0.39 is 5.97 Å². The van der Waals surface area contributed by atoms with Crippen LogP contribution in [0.15, 0.2) is 36.1 Å². The van der Waals surface area contributed by atoms with Gasteiger partial charge >= 0.3 is 5.97 Å². The summed E-state index contributed by atoms with van der Waals surface area (Å²) in [4.78, 5) is 23.4. The molecule has 0 saturated carbocycles. The Hall–Kier alpha value is -1.68. The van der Waals surface area contributed by atoms with Gasteiger partial charge in [0.25, 0.3) is 0 Å². The Morgan fingerprint density at radius 1 is 1.12 bits per heavy atom. The maximum Gasteiger partial charge on any atom is 0.341 e. The fraction of sp³-hybridized carbons (Fsp3) is 0.333. The molecular formula is C12H18NO3+. The minimum absolute atomic E-state index is 0.0457. The van der Waals surface area contributed by atoms with Crippen LogP contribution in [0.1, 0.15) is 6.92 Å². The Labute approximate surface area is 95.9 Å². The summed E-state index contributed by atoms with van der Waals surface area (Å²) in [6.45, 7) is 1.33. The van der Waals surface area contributed by atoms with Gasteiger partial charge in [0.1, 0.15) is 5.57 Å². The molecule has 88 valence electrons. The molecule has 0 aromatic rings. The van der Waals surface area contributed by atoms with E-state index in [0.29, 0.717) is 0 Å². The molecule has 0 amide bonds. The quantitative estimate of drug-likeness (QED) is 0.233. The van der Waals surface area contributed by atoms with Gasteiger partial charge < -0.3 is 9.64 Å². The smallest absolute Gasteiger partial charge is 0.341 e. The lowest BCUT2D eigenvalue weighted by molar-refractivity contribution is -0.801. The Morgan fingerprint density at radius 3 is 2.19 bits per heavy atom. The van der Waals surface area contributed by atoms with Crippen LogP contribution in [0, 0.1) is 0 Å². The highest BCUT2D eigenvalue weighted by atomic mass is 16.5. The summed E-state index contributed by atoms with van der Waals surface area (Å²) in [5, 5.41) is 0. The second-order valence-electron chi connectivity index (χ2n) is 3.45. The Bertz CT molecular complexity index is 338. The number of rotatable bonds is 5. The van der Waals surface area contributed by atoms with E-state index >= 15 is 0 Å². The van der Waals surface area contributed by atoms with E-state index in [0.717, 1.165) is 0 Å². The lowest BCUT2D eigenvalue weighted by Crippen LogP contribution is -3.00. The third-order valence-corrected chi connectivity index (χ3v) is 1.70. The lowest BCUT2D eigenvalue weighted by atomic mass is 10.1. The van der Waals surface area contributed by atoms with Crippen molar-refractivity contribution in [1.82, 2.24) is 0 Å². The molecule has 0 radical (unpaired) electrons. The van der Waals surface area contributed by atoms with Crippen molar-refractivity contribution in [3.63, 3.8) is 0 Å². The van der Waals surface area contributed by atoms with Gasteiger partial charge in [-0.1, -0.05) is 12.2 Å². The van der Waals surface area contributed by atoms with Gasteiger partial charge in [-0.05, 0) is 19.1 Å². The van der Waals surface area contributed by atoms with Crippen LogP contribution in [-0.4, -0.2) is 33.0 Å². The van der Waals surface area contributed by atoms with Crippen molar-refractivity contribution in [1.29, 1.82) is 0 Å². The van der Waals surface area contributed by atoms with Gasteiger partial charge in [0, 0.05) is 0 Å². The molecule has 16 heavy (non-hydrogen) atoms. The Balaban J connectivity index is 4.58. The van der Waals surface area contributed by atoms with Gasteiger partial charge in [-0.15, -0.1) is 0 Å². The van der Waals surface area contributed by atoms with Gasteiger partial charge in [0.2, 0.25) is 0 Å². The van der Waals surface area contributed by atoms with E-state index in [-0.39, 0.29) is 11.4 Å². The van der Waals surface area contributed by atoms with Gasteiger partial charge in [-0.25, -0.2) is 4.79 Å². The molecule has 0 rings (SSSR count). The number of nitrogens with one attached hydrogen (secondary N) is 1. The summed E-state index contributed by atoms with van der Waals surface area (Å²) >= 11 is 0. The second kappa shape index (κ2) is 7.59. The van der Waals surface area contributed by atoms with Crippen LogP contribution in [-0.2, 0) is 14.3 Å². The van der Waals surface area contributed by atoms with E-state index in [2.05, 4.69) is 4.74 Å². The van der Waals surface area contributed by atoms with E-state index in [1.54, 1.807) is 12.2 Å². The molecule has 0 aliphatic rings. The van der Waals surface area contributed by atoms with Crippen molar-refractivity contribution < 1.29 is 19.2 Å². The number of hydrogen-bond acceptors (Lipinski definition) is 3. The topological polar surface area (TPSA) is 47.8 Å². The lowest BCUT2D eigenvalue weighted by Gasteiger charge is -1.98. The van der Waals surface area contributed by atoms with Crippen molar-refractivity contribution >= 4 is 11.8 Å². The highest BCUT2D eigenvalue weighted by Crippen LogP contribution is 1.99. The van der Waals surface area contributed by atoms with Crippen LogP contribution >= 0.6 is 0 Å². The zero-order chi connectivity index (χ0) is 12.6. The predicted molar refractivity (Wildman–Crippen MR) is 61.9 cm³/mol. The van der Waals surface area contributed by atoms with Crippen molar-refractivity contribution in [2.24, 2.45) is 0 Å². The number of carbonyl (C=O) groups excluding carboxylic acids is 2. The Kier molecular flexibility index (Phi) is 6.79. The first-order valence-corrected chi connectivity index (χ1v) is 4.93. The molecule has 4 heteroatoms. The van der Waals surface area contributed by atoms with Crippen molar-refractivity contribution in [3.05, 3.63) is 36.1 Å². The molecule has 0 atom stereocenters. The van der Waals surface area contributed by atoms with Crippen LogP contribution in [0.4, 0.5) is 0 Å². The third-order valence-electron chi connectivity index (χ3n) is 1.70. The minimum Gasteiger partial charge on any atom is -0.465 e. The molecule has 0 bridgehead atoms. The average molecular weight is 224 g/mol. The summed E-state index contributed by atoms with van der Waals surface area (Å²) in [6.07, 6.45) is 8.59. The van der Waals surface area contributed by atoms with Crippen LogP contribution in [0.2, 0.25) is 0 Å². The highest BCUT2D eigenvalue weighted by Gasteiger charge is 2.12. The monoisotopic (exact) mass is 224 g/mol. The van der Waals surface area contributed by atoms with Crippen LogP contribution < -0.4 is 4.90 Å². The van der Waals surface area contributed by atoms with Crippen LogP contribution in [0.5, 0.6) is 0 Å². The fourth-order valence-corrected chi connectivity index (χ4v) is 0.903. The average Bonchev–Trinajstić information content (AvgIpc) is 2.21. The SMILES string of the molecule is COC(=O)\C(=C/C=C/C=C/[NH+](C)C)C(C)=O. The molecule has 4 nitrogen and oxygen atoms in total. The molecule has 0 aromatic carbocycles. The molecule has 0 unspecified atom stereocenters. The molecule has 1 N–H and O–H groups in total. The number of allylic oxidation sites excluding steroid dienone is 4. The molecule has 0 aliphatic heterocycles. The molecule has 0 saturated heterocycles. The largest absolute Gasteiger partial charge is 0.465 e. The van der Waals surface area contributed by atoms with Crippen molar-refractivity contribution in [3.8, 4) is 0 Å². The number of ether oxygens (including phenoxy) is 1. The highest BCUT2D eigenvalue weighted by molar-refractivity contribution is 6.16. The van der Waals surface area contributed by atoms with Crippen molar-refractivity contribution in [2.45, 2.75) is 6.92 Å². The molecule has 0 aromatic heterocycles. The van der Waals surface area contributed by atoms with Gasteiger partial charge in [0.15, 0.2) is 5.78 Å². The summed E-state index contributed by atoms with van der Waals surface area (Å²) in [7, 11) is 5.21.